The molecule has 0 radical (unpaired) electrons. The summed E-state index contributed by atoms with van der Waals surface area (Å²) in [5.74, 6) is -3.48. The van der Waals surface area contributed by atoms with E-state index in [1.165, 1.54) is 0 Å². The molecule has 1 aliphatic rings. The van der Waals surface area contributed by atoms with E-state index in [9.17, 15) is 29.7 Å². The molecule has 1 saturated heterocycles. The van der Waals surface area contributed by atoms with Crippen molar-refractivity contribution in [1.29, 1.82) is 0 Å². The van der Waals surface area contributed by atoms with Crippen LogP contribution in [0, 0.1) is 0 Å². The molecule has 10 nitrogen and oxygen atoms in total. The second kappa shape index (κ2) is 7.76. The van der Waals surface area contributed by atoms with Crippen molar-refractivity contribution in [3.05, 3.63) is 0 Å². The summed E-state index contributed by atoms with van der Waals surface area (Å²) < 4.78 is 5.17. The average molecular weight is 305 g/mol. The number of amides is 1. The van der Waals surface area contributed by atoms with Crippen LogP contribution in [0.15, 0.2) is 0 Å². The number of carboxylic acid groups (broad SMARTS) is 3. The van der Waals surface area contributed by atoms with E-state index in [1.54, 1.807) is 0 Å². The largest absolute Gasteiger partial charge is 0.479 e. The molecule has 0 bridgehead atoms. The molecular formula is C11H19N3O7. The first kappa shape index (κ1) is 17.1. The minimum atomic E-state index is -2.59. The lowest BCUT2D eigenvalue weighted by molar-refractivity contribution is -0.166. The van der Waals surface area contributed by atoms with E-state index in [0.29, 0.717) is 31.1 Å². The van der Waals surface area contributed by atoms with Crippen molar-refractivity contribution >= 4 is 18.0 Å². The van der Waals surface area contributed by atoms with Crippen molar-refractivity contribution in [3.8, 4) is 0 Å². The van der Waals surface area contributed by atoms with Gasteiger partial charge in [-0.25, -0.2) is 14.4 Å². The first-order chi connectivity index (χ1) is 9.93. The van der Waals surface area contributed by atoms with Gasteiger partial charge in [-0.05, 0) is 0 Å². The Morgan fingerprint density at radius 3 is 2.14 bits per heavy atom. The zero-order valence-corrected chi connectivity index (χ0v) is 11.4. The van der Waals surface area contributed by atoms with Crippen molar-refractivity contribution in [1.82, 2.24) is 15.5 Å². The predicted octanol–water partition coefficient (Wildman–Crippen LogP) is -1.92. The number of nitrogens with one attached hydrogen (secondary N) is 2. The lowest BCUT2D eigenvalue weighted by Gasteiger charge is -2.35. The van der Waals surface area contributed by atoms with Crippen LogP contribution in [0.1, 0.15) is 0 Å². The monoisotopic (exact) mass is 305 g/mol. The van der Waals surface area contributed by atoms with Gasteiger partial charge in [-0.15, -0.1) is 0 Å². The number of nitrogens with zero attached hydrogens (tertiary/aromatic N) is 1. The fourth-order valence-electron chi connectivity index (χ4n) is 1.99. The number of carbonyl (C=O) groups is 3. The number of aliphatic carboxylic acids is 2. The molecule has 0 saturated carbocycles. The highest BCUT2D eigenvalue weighted by atomic mass is 16.5. The van der Waals surface area contributed by atoms with Crippen molar-refractivity contribution < 1.29 is 34.4 Å². The molecule has 1 aliphatic heterocycles. The van der Waals surface area contributed by atoms with Gasteiger partial charge in [0, 0.05) is 32.7 Å². The van der Waals surface area contributed by atoms with Gasteiger partial charge in [0.05, 0.1) is 13.2 Å². The van der Waals surface area contributed by atoms with E-state index in [4.69, 9.17) is 4.74 Å². The maximum atomic E-state index is 11.5. The Labute approximate surface area is 120 Å². The standard InChI is InChI=1S/C11H19N3O7/c15-8(16)11(9(17)18)7-13-2-1-12-3-5-21-6-4-14(11)10(19)20/h12-13H,1-7H2,(H,15,16)(H,17,18)(H,19,20). The molecule has 0 aromatic carbocycles. The molecule has 0 aromatic rings. The summed E-state index contributed by atoms with van der Waals surface area (Å²) in [6.07, 6.45) is -1.62. The first-order valence-corrected chi connectivity index (χ1v) is 6.39. The SMILES string of the molecule is O=C(O)N1CCOCCNCCNCC1(C(=O)O)C(=O)O. The van der Waals surface area contributed by atoms with Crippen molar-refractivity contribution in [2.24, 2.45) is 0 Å². The number of hydrogen-bond acceptors (Lipinski definition) is 6. The molecule has 10 heteroatoms. The average Bonchev–Trinajstić information content (AvgIpc) is 2.38. The van der Waals surface area contributed by atoms with Gasteiger partial charge in [-0.3, -0.25) is 4.90 Å². The van der Waals surface area contributed by atoms with Gasteiger partial charge >= 0.3 is 18.0 Å². The fraction of sp³-hybridized carbons (Fsp3) is 0.727. The summed E-state index contributed by atoms with van der Waals surface area (Å²) in [6.45, 7) is 0.692. The van der Waals surface area contributed by atoms with Gasteiger partial charge in [0.2, 0.25) is 0 Å². The molecule has 21 heavy (non-hydrogen) atoms. The van der Waals surface area contributed by atoms with E-state index < -0.39 is 30.1 Å². The Balaban J connectivity index is 3.08. The van der Waals surface area contributed by atoms with Crippen molar-refractivity contribution in [2.45, 2.75) is 5.54 Å². The molecule has 0 atom stereocenters. The Kier molecular flexibility index (Phi) is 6.34. The normalized spacial score (nSPS) is 20.9. The van der Waals surface area contributed by atoms with E-state index in [0.717, 1.165) is 0 Å². The number of rotatable bonds is 2. The maximum Gasteiger partial charge on any atom is 0.408 e. The number of ether oxygens (including phenoxy) is 1. The number of hydrogen-bond donors (Lipinski definition) is 5. The van der Waals surface area contributed by atoms with Gasteiger partial charge in [-0.2, -0.15) is 0 Å². The lowest BCUT2D eigenvalue weighted by atomic mass is 9.97. The highest BCUT2D eigenvalue weighted by molar-refractivity contribution is 6.06. The Morgan fingerprint density at radius 2 is 1.57 bits per heavy atom. The third kappa shape index (κ3) is 4.03. The molecule has 1 fully saturated rings. The van der Waals surface area contributed by atoms with Crippen LogP contribution in [-0.2, 0) is 14.3 Å². The molecule has 0 spiro atoms. The van der Waals surface area contributed by atoms with E-state index in [1.807, 2.05) is 0 Å². The molecule has 1 rings (SSSR count). The summed E-state index contributed by atoms with van der Waals surface area (Å²) in [6, 6.07) is 0. The molecule has 0 aromatic heterocycles. The molecule has 5 N–H and O–H groups in total. The summed E-state index contributed by atoms with van der Waals surface area (Å²) >= 11 is 0. The minimum Gasteiger partial charge on any atom is -0.479 e. The van der Waals surface area contributed by atoms with E-state index in [2.05, 4.69) is 10.6 Å². The Morgan fingerprint density at radius 1 is 0.952 bits per heavy atom. The third-order valence-corrected chi connectivity index (χ3v) is 3.14. The van der Waals surface area contributed by atoms with Crippen LogP contribution < -0.4 is 10.6 Å². The second-order valence-electron chi connectivity index (χ2n) is 4.44. The number of carboxylic acids is 2. The maximum absolute atomic E-state index is 11.5. The van der Waals surface area contributed by atoms with Gasteiger partial charge in [0.15, 0.2) is 0 Å². The van der Waals surface area contributed by atoms with Crippen LogP contribution in [0.4, 0.5) is 4.79 Å². The molecule has 0 aliphatic carbocycles. The topological polar surface area (TPSA) is 148 Å². The quantitative estimate of drug-likeness (QED) is 0.368. The van der Waals surface area contributed by atoms with Crippen LogP contribution in [0.25, 0.3) is 0 Å². The predicted molar refractivity (Wildman–Crippen MR) is 69.3 cm³/mol. The second-order valence-corrected chi connectivity index (χ2v) is 4.44. The first-order valence-electron chi connectivity index (χ1n) is 6.39. The van der Waals surface area contributed by atoms with Crippen molar-refractivity contribution in [3.63, 3.8) is 0 Å². The molecule has 120 valence electrons. The van der Waals surface area contributed by atoms with Gasteiger partial charge in [-0.1, -0.05) is 0 Å². The summed E-state index contributed by atoms with van der Waals surface area (Å²) in [7, 11) is 0. The zero-order chi connectivity index (χ0) is 15.9. The zero-order valence-electron chi connectivity index (χ0n) is 11.4. The van der Waals surface area contributed by atoms with Crippen LogP contribution in [0.5, 0.6) is 0 Å². The van der Waals surface area contributed by atoms with Gasteiger partial charge < -0.3 is 30.7 Å². The van der Waals surface area contributed by atoms with Crippen molar-refractivity contribution in [2.75, 3.05) is 45.9 Å². The molecule has 1 amide bonds. The highest BCUT2D eigenvalue weighted by Crippen LogP contribution is 2.17. The fourth-order valence-corrected chi connectivity index (χ4v) is 1.99. The lowest BCUT2D eigenvalue weighted by Crippen LogP contribution is -2.67. The van der Waals surface area contributed by atoms with Gasteiger partial charge in [0.1, 0.15) is 0 Å². The Hall–Kier alpha value is -1.91. The van der Waals surface area contributed by atoms with Crippen LogP contribution >= 0.6 is 0 Å². The minimum absolute atomic E-state index is 0.0870. The van der Waals surface area contributed by atoms with Gasteiger partial charge in [0.25, 0.3) is 5.54 Å². The Bertz CT molecular complexity index is 387. The van der Waals surface area contributed by atoms with Crippen LogP contribution in [0.2, 0.25) is 0 Å². The smallest absolute Gasteiger partial charge is 0.408 e. The summed E-state index contributed by atoms with van der Waals surface area (Å²) in [5, 5.41) is 33.5. The third-order valence-electron chi connectivity index (χ3n) is 3.14. The summed E-state index contributed by atoms with van der Waals surface area (Å²) in [4.78, 5) is 34.6. The van der Waals surface area contributed by atoms with E-state index in [-0.39, 0.29) is 13.2 Å². The summed E-state index contributed by atoms with van der Waals surface area (Å²) in [5.41, 5.74) is -2.59. The van der Waals surface area contributed by atoms with Crippen LogP contribution in [-0.4, -0.2) is 89.7 Å². The highest BCUT2D eigenvalue weighted by Gasteiger charge is 2.54. The molecule has 1 heterocycles. The van der Waals surface area contributed by atoms with E-state index >= 15 is 0 Å². The molecular weight excluding hydrogens is 286 g/mol. The van der Waals surface area contributed by atoms with Crippen LogP contribution in [0.3, 0.4) is 0 Å². The molecule has 0 unspecified atom stereocenters.